The number of aryl methyl sites for hydroxylation is 1. The number of halogens is 2. The molecule has 0 radical (unpaired) electrons. The number of hydrogen-bond donors (Lipinski definition) is 2. The number of aliphatic hydroxyl groups excluding tert-OH is 1. The quantitative estimate of drug-likeness (QED) is 0.634. The van der Waals surface area contributed by atoms with Crippen LogP contribution >= 0.6 is 23.2 Å². The lowest BCUT2D eigenvalue weighted by Gasteiger charge is -2.19. The largest absolute Gasteiger partial charge is 0.481 e. The van der Waals surface area contributed by atoms with Gasteiger partial charge in [-0.1, -0.05) is 29.3 Å². The number of aliphatic carboxylic acids is 1. The first kappa shape index (κ1) is 19.2. The third-order valence-electron chi connectivity index (χ3n) is 3.12. The highest BCUT2D eigenvalue weighted by Crippen LogP contribution is 2.23. The molecule has 22 heavy (non-hydrogen) atoms. The number of carbonyl (C=O) groups is 1. The average Bonchev–Trinajstić information content (AvgIpc) is 2.43. The second-order valence-corrected chi connectivity index (χ2v) is 5.80. The van der Waals surface area contributed by atoms with Gasteiger partial charge in [-0.2, -0.15) is 0 Å². The lowest BCUT2D eigenvalue weighted by atomic mass is 10.0. The van der Waals surface area contributed by atoms with Crippen molar-refractivity contribution in [2.24, 2.45) is 0 Å². The first-order valence-corrected chi connectivity index (χ1v) is 7.62. The van der Waals surface area contributed by atoms with Crippen molar-refractivity contribution in [1.82, 2.24) is 0 Å². The Kier molecular flexibility index (Phi) is 8.75. The number of carboxylic acids is 1. The highest BCUT2D eigenvalue weighted by Gasteiger charge is 2.18. The molecule has 0 aliphatic rings. The first-order chi connectivity index (χ1) is 10.4. The van der Waals surface area contributed by atoms with Crippen LogP contribution in [0.3, 0.4) is 0 Å². The van der Waals surface area contributed by atoms with Crippen molar-refractivity contribution < 1.29 is 24.5 Å². The molecule has 0 fully saturated rings. The second-order valence-electron chi connectivity index (χ2n) is 4.96. The summed E-state index contributed by atoms with van der Waals surface area (Å²) >= 11 is 11.9. The van der Waals surface area contributed by atoms with E-state index in [9.17, 15) is 9.90 Å². The second kappa shape index (κ2) is 10.0. The standard InChI is InChI=1S/C15H20Cl2O5/c1-21-9-22-13(8-15(19)20)7-12(18)5-3-10-2-4-11(16)6-14(10)17/h2,4,6,12-13,18H,3,5,7-9H2,1H3,(H,19,20)/t12-,13-/m1/s1. The van der Waals surface area contributed by atoms with Crippen LogP contribution in [0.4, 0.5) is 0 Å². The van der Waals surface area contributed by atoms with Crippen LogP contribution in [0.1, 0.15) is 24.8 Å². The van der Waals surface area contributed by atoms with Crippen LogP contribution in [0.5, 0.6) is 0 Å². The van der Waals surface area contributed by atoms with Gasteiger partial charge in [-0.15, -0.1) is 0 Å². The number of hydrogen-bond acceptors (Lipinski definition) is 4. The first-order valence-electron chi connectivity index (χ1n) is 6.86. The molecular weight excluding hydrogens is 331 g/mol. The van der Waals surface area contributed by atoms with Crippen molar-refractivity contribution >= 4 is 29.2 Å². The molecular formula is C15H20Cl2O5. The maximum absolute atomic E-state index is 10.8. The molecule has 0 saturated carbocycles. The van der Waals surface area contributed by atoms with Gasteiger partial charge < -0.3 is 19.7 Å². The molecule has 0 bridgehead atoms. The minimum absolute atomic E-state index is 0.00627. The van der Waals surface area contributed by atoms with Gasteiger partial charge in [0.2, 0.25) is 0 Å². The molecule has 0 unspecified atom stereocenters. The van der Waals surface area contributed by atoms with E-state index in [0.717, 1.165) is 5.56 Å². The SMILES string of the molecule is COCO[C@@H](CC(=O)O)C[C@H](O)CCc1ccc(Cl)cc1Cl. The Morgan fingerprint density at radius 3 is 2.68 bits per heavy atom. The molecule has 1 aromatic carbocycles. The summed E-state index contributed by atoms with van der Waals surface area (Å²) in [7, 11) is 1.46. The predicted octanol–water partition coefficient (Wildman–Crippen LogP) is 3.14. The van der Waals surface area contributed by atoms with E-state index in [0.29, 0.717) is 22.9 Å². The fourth-order valence-electron chi connectivity index (χ4n) is 2.04. The van der Waals surface area contributed by atoms with Crippen LogP contribution in [-0.2, 0) is 20.7 Å². The van der Waals surface area contributed by atoms with E-state index in [2.05, 4.69) is 0 Å². The molecule has 0 amide bonds. The summed E-state index contributed by atoms with van der Waals surface area (Å²) in [6.07, 6.45) is -0.209. The Labute approximate surface area is 139 Å². The van der Waals surface area contributed by atoms with Crippen LogP contribution in [0.15, 0.2) is 18.2 Å². The molecule has 1 aromatic rings. The Balaban J connectivity index is 2.48. The summed E-state index contributed by atoms with van der Waals surface area (Å²) in [5, 5.41) is 20.0. The van der Waals surface area contributed by atoms with Crippen LogP contribution < -0.4 is 0 Å². The van der Waals surface area contributed by atoms with E-state index < -0.39 is 18.2 Å². The molecule has 2 N–H and O–H groups in total. The van der Waals surface area contributed by atoms with Gasteiger partial charge in [-0.25, -0.2) is 0 Å². The van der Waals surface area contributed by atoms with Crippen molar-refractivity contribution in [3.8, 4) is 0 Å². The van der Waals surface area contributed by atoms with Gasteiger partial charge in [-0.05, 0) is 30.5 Å². The normalized spacial score (nSPS) is 13.8. The Hall–Kier alpha value is -0.850. The molecule has 5 nitrogen and oxygen atoms in total. The molecule has 0 heterocycles. The van der Waals surface area contributed by atoms with E-state index >= 15 is 0 Å². The van der Waals surface area contributed by atoms with E-state index in [4.69, 9.17) is 37.8 Å². The van der Waals surface area contributed by atoms with Gasteiger partial charge >= 0.3 is 5.97 Å². The Morgan fingerprint density at radius 2 is 2.09 bits per heavy atom. The number of benzene rings is 1. The maximum Gasteiger partial charge on any atom is 0.305 e. The summed E-state index contributed by atoms with van der Waals surface area (Å²) < 4.78 is 10.0. The van der Waals surface area contributed by atoms with Crippen LogP contribution in [-0.4, -0.2) is 42.3 Å². The summed E-state index contributed by atoms with van der Waals surface area (Å²) in [6, 6.07) is 5.21. The molecule has 7 heteroatoms. The summed E-state index contributed by atoms with van der Waals surface area (Å²) in [5.41, 5.74) is 0.887. The zero-order valence-electron chi connectivity index (χ0n) is 12.3. The average molecular weight is 351 g/mol. The molecule has 0 aliphatic heterocycles. The van der Waals surface area contributed by atoms with Gasteiger partial charge in [0, 0.05) is 23.6 Å². The fraction of sp³-hybridized carbons (Fsp3) is 0.533. The number of methoxy groups -OCH3 is 1. The van der Waals surface area contributed by atoms with Crippen molar-refractivity contribution in [1.29, 1.82) is 0 Å². The van der Waals surface area contributed by atoms with Crippen LogP contribution in [0.2, 0.25) is 10.0 Å². The minimum Gasteiger partial charge on any atom is -0.481 e. The summed E-state index contributed by atoms with van der Waals surface area (Å²) in [5.74, 6) is -0.978. The highest BCUT2D eigenvalue weighted by molar-refractivity contribution is 6.35. The fourth-order valence-corrected chi connectivity index (χ4v) is 2.54. The minimum atomic E-state index is -0.978. The number of rotatable bonds is 10. The van der Waals surface area contributed by atoms with Crippen molar-refractivity contribution in [3.05, 3.63) is 33.8 Å². The topological polar surface area (TPSA) is 76.0 Å². The molecule has 0 aliphatic carbocycles. The van der Waals surface area contributed by atoms with Gasteiger partial charge in [0.25, 0.3) is 0 Å². The van der Waals surface area contributed by atoms with Gasteiger partial charge in [0.05, 0.1) is 18.6 Å². The monoisotopic (exact) mass is 350 g/mol. The summed E-state index contributed by atoms with van der Waals surface area (Å²) in [4.78, 5) is 10.8. The maximum atomic E-state index is 10.8. The van der Waals surface area contributed by atoms with Crippen molar-refractivity contribution in [2.45, 2.75) is 37.9 Å². The molecule has 124 valence electrons. The van der Waals surface area contributed by atoms with E-state index in [-0.39, 0.29) is 19.6 Å². The van der Waals surface area contributed by atoms with Crippen molar-refractivity contribution in [3.63, 3.8) is 0 Å². The molecule has 1 rings (SSSR count). The lowest BCUT2D eigenvalue weighted by Crippen LogP contribution is -2.25. The number of ether oxygens (including phenoxy) is 2. The zero-order chi connectivity index (χ0) is 16.5. The third kappa shape index (κ3) is 7.42. The van der Waals surface area contributed by atoms with Crippen molar-refractivity contribution in [2.75, 3.05) is 13.9 Å². The van der Waals surface area contributed by atoms with Gasteiger partial charge in [0.1, 0.15) is 6.79 Å². The van der Waals surface area contributed by atoms with Crippen LogP contribution in [0, 0.1) is 0 Å². The third-order valence-corrected chi connectivity index (χ3v) is 3.71. The molecule has 0 spiro atoms. The van der Waals surface area contributed by atoms with Gasteiger partial charge in [-0.3, -0.25) is 4.79 Å². The lowest BCUT2D eigenvalue weighted by molar-refractivity contribution is -0.144. The van der Waals surface area contributed by atoms with Gasteiger partial charge in [0.15, 0.2) is 0 Å². The Morgan fingerprint density at radius 1 is 1.36 bits per heavy atom. The number of carboxylic acid groups (broad SMARTS) is 1. The van der Waals surface area contributed by atoms with E-state index in [1.165, 1.54) is 7.11 Å². The Bertz CT molecular complexity index is 481. The predicted molar refractivity (Wildman–Crippen MR) is 84.4 cm³/mol. The van der Waals surface area contributed by atoms with Crippen LogP contribution in [0.25, 0.3) is 0 Å². The highest BCUT2D eigenvalue weighted by atomic mass is 35.5. The van der Waals surface area contributed by atoms with E-state index in [1.807, 2.05) is 6.07 Å². The number of aliphatic hydroxyl groups is 1. The zero-order valence-corrected chi connectivity index (χ0v) is 13.8. The smallest absolute Gasteiger partial charge is 0.305 e. The molecule has 0 saturated heterocycles. The van der Waals surface area contributed by atoms with E-state index in [1.54, 1.807) is 12.1 Å². The molecule has 0 aromatic heterocycles. The molecule has 2 atom stereocenters. The summed E-state index contributed by atoms with van der Waals surface area (Å²) in [6.45, 7) is -0.00627.